The third-order valence-corrected chi connectivity index (χ3v) is 9.75. The van der Waals surface area contributed by atoms with Crippen LogP contribution in [0.4, 0.5) is 0 Å². The fourth-order valence-electron chi connectivity index (χ4n) is 7.17. The second kappa shape index (κ2) is 12.4. The number of nitrogens with zero attached hydrogens (tertiary/aromatic N) is 2. The molecule has 0 unspecified atom stereocenters. The van der Waals surface area contributed by atoms with E-state index >= 15 is 0 Å². The number of fused-ring (bicyclic) bond motifs is 9. The average molecular weight is 667 g/mol. The van der Waals surface area contributed by atoms with Gasteiger partial charge in [0.05, 0.1) is 11.4 Å². The molecule has 52 heavy (non-hydrogen) atoms. The van der Waals surface area contributed by atoms with Crippen LogP contribution in [0.1, 0.15) is 11.1 Å². The fraction of sp³-hybridized carbons (Fsp3) is 0. The highest BCUT2D eigenvalue weighted by molar-refractivity contribution is 6.07. The van der Waals surface area contributed by atoms with E-state index in [1.165, 1.54) is 0 Å². The van der Waals surface area contributed by atoms with Gasteiger partial charge < -0.3 is 9.15 Å². The van der Waals surface area contributed by atoms with Gasteiger partial charge in [0, 0.05) is 38.6 Å². The van der Waals surface area contributed by atoms with Crippen molar-refractivity contribution in [2.45, 2.75) is 0 Å². The van der Waals surface area contributed by atoms with Crippen molar-refractivity contribution in [3.05, 3.63) is 181 Å². The third kappa shape index (κ3) is 5.26. The minimum absolute atomic E-state index is 0.675. The van der Waals surface area contributed by atoms with E-state index in [1.54, 1.807) is 0 Å². The Hall–Kier alpha value is -7.04. The highest BCUT2D eigenvalue weighted by Gasteiger charge is 2.21. The Morgan fingerprint density at radius 2 is 1.02 bits per heavy atom. The molecule has 1 aliphatic rings. The fourth-order valence-corrected chi connectivity index (χ4v) is 7.17. The van der Waals surface area contributed by atoms with Gasteiger partial charge in [0.15, 0.2) is 5.82 Å². The number of hydrogen-bond donors (Lipinski definition) is 0. The second-order valence-electron chi connectivity index (χ2n) is 13.0. The minimum Gasteiger partial charge on any atom is -0.456 e. The SMILES string of the molecule is C1=Cc2ccc(-c3cc(-c4ccccc4)nc(-c4ccccc4)n3)cc2-c2cc3oc4ccccc4c3cc2Oc2ccccc2-c2ccccc21. The maximum Gasteiger partial charge on any atom is 0.160 e. The molecule has 4 nitrogen and oxygen atoms in total. The van der Waals surface area contributed by atoms with E-state index in [1.807, 2.05) is 66.7 Å². The Labute approximate surface area is 301 Å². The van der Waals surface area contributed by atoms with Gasteiger partial charge in [-0.2, -0.15) is 0 Å². The van der Waals surface area contributed by atoms with Crippen molar-refractivity contribution in [1.29, 1.82) is 0 Å². The molecule has 0 saturated heterocycles. The molecule has 0 spiro atoms. The van der Waals surface area contributed by atoms with E-state index < -0.39 is 0 Å². The van der Waals surface area contributed by atoms with Gasteiger partial charge in [0.25, 0.3) is 0 Å². The molecule has 2 aromatic heterocycles. The van der Waals surface area contributed by atoms with E-state index in [0.717, 1.165) is 94.9 Å². The molecule has 0 amide bonds. The summed E-state index contributed by atoms with van der Waals surface area (Å²) in [6.45, 7) is 0. The monoisotopic (exact) mass is 666 g/mol. The molecule has 3 heterocycles. The molecular weight excluding hydrogens is 637 g/mol. The van der Waals surface area contributed by atoms with Crippen molar-refractivity contribution in [2.75, 3.05) is 0 Å². The average Bonchev–Trinajstić information content (AvgIpc) is 3.57. The van der Waals surface area contributed by atoms with Gasteiger partial charge >= 0.3 is 0 Å². The predicted molar refractivity (Wildman–Crippen MR) is 212 cm³/mol. The molecule has 0 radical (unpaired) electrons. The molecule has 10 rings (SSSR count). The van der Waals surface area contributed by atoms with Crippen molar-refractivity contribution in [3.8, 4) is 67.7 Å². The summed E-state index contributed by atoms with van der Waals surface area (Å²) in [6, 6.07) is 58.2. The van der Waals surface area contributed by atoms with Gasteiger partial charge in [-0.1, -0.05) is 146 Å². The van der Waals surface area contributed by atoms with Gasteiger partial charge in [0.2, 0.25) is 0 Å². The summed E-state index contributed by atoms with van der Waals surface area (Å²) in [5.74, 6) is 2.21. The lowest BCUT2D eigenvalue weighted by Crippen LogP contribution is -1.97. The summed E-state index contributed by atoms with van der Waals surface area (Å²) in [4.78, 5) is 10.2. The summed E-state index contributed by atoms with van der Waals surface area (Å²) >= 11 is 0. The summed E-state index contributed by atoms with van der Waals surface area (Å²) < 4.78 is 13.5. The number of para-hydroxylation sites is 2. The Morgan fingerprint density at radius 3 is 1.85 bits per heavy atom. The predicted octanol–water partition coefficient (Wildman–Crippen LogP) is 13.0. The Balaban J connectivity index is 1.24. The van der Waals surface area contributed by atoms with E-state index in [2.05, 4.69) is 115 Å². The van der Waals surface area contributed by atoms with Gasteiger partial charge in [-0.3, -0.25) is 0 Å². The first-order chi connectivity index (χ1) is 25.7. The molecule has 244 valence electrons. The van der Waals surface area contributed by atoms with Crippen molar-refractivity contribution < 1.29 is 9.15 Å². The topological polar surface area (TPSA) is 48.2 Å². The van der Waals surface area contributed by atoms with Gasteiger partial charge in [-0.15, -0.1) is 0 Å². The zero-order chi connectivity index (χ0) is 34.4. The van der Waals surface area contributed by atoms with Gasteiger partial charge in [-0.25, -0.2) is 9.97 Å². The molecule has 4 heteroatoms. The number of benzene rings is 7. The van der Waals surface area contributed by atoms with Crippen LogP contribution in [0.2, 0.25) is 0 Å². The van der Waals surface area contributed by atoms with Crippen molar-refractivity contribution >= 4 is 34.1 Å². The standard InChI is InChI=1S/C48H30N2O2/c1-3-14-33(15-4-1)42-30-43(50-48(49-42)34-16-5-2-6-17-34)35-26-25-32-24-23-31-13-7-8-18-36(31)37-19-9-11-21-44(37)51-47-28-40-38-20-10-12-22-45(38)52-46(40)29-41(47)39(32)27-35/h1-30H. The first-order valence-electron chi connectivity index (χ1n) is 17.4. The lowest BCUT2D eigenvalue weighted by molar-refractivity contribution is 0.487. The summed E-state index contributed by atoms with van der Waals surface area (Å²) in [5.41, 5.74) is 12.5. The van der Waals surface area contributed by atoms with E-state index in [9.17, 15) is 0 Å². The van der Waals surface area contributed by atoms with E-state index in [0.29, 0.717) is 5.82 Å². The van der Waals surface area contributed by atoms with Crippen LogP contribution in [0.15, 0.2) is 174 Å². The summed E-state index contributed by atoms with van der Waals surface area (Å²) in [5, 5.41) is 2.06. The number of hydrogen-bond acceptors (Lipinski definition) is 4. The van der Waals surface area contributed by atoms with Crippen LogP contribution in [0.5, 0.6) is 11.5 Å². The summed E-state index contributed by atoms with van der Waals surface area (Å²) in [7, 11) is 0. The molecule has 0 bridgehead atoms. The number of furan rings is 1. The number of ether oxygens (including phenoxy) is 1. The van der Waals surface area contributed by atoms with Crippen molar-refractivity contribution in [3.63, 3.8) is 0 Å². The molecule has 9 aromatic rings. The highest BCUT2D eigenvalue weighted by atomic mass is 16.5. The lowest BCUT2D eigenvalue weighted by atomic mass is 9.93. The molecule has 1 aliphatic heterocycles. The smallest absolute Gasteiger partial charge is 0.160 e. The van der Waals surface area contributed by atoms with Crippen molar-refractivity contribution in [2.24, 2.45) is 0 Å². The van der Waals surface area contributed by atoms with Gasteiger partial charge in [-0.05, 0) is 58.7 Å². The van der Waals surface area contributed by atoms with E-state index in [-0.39, 0.29) is 0 Å². The molecular formula is C48H30N2O2. The van der Waals surface area contributed by atoms with Gasteiger partial charge in [0.1, 0.15) is 22.7 Å². The third-order valence-electron chi connectivity index (χ3n) is 9.75. The first kappa shape index (κ1) is 29.8. The summed E-state index contributed by atoms with van der Waals surface area (Å²) in [6.07, 6.45) is 4.39. The van der Waals surface area contributed by atoms with Crippen LogP contribution < -0.4 is 4.74 Å². The van der Waals surface area contributed by atoms with Crippen LogP contribution >= 0.6 is 0 Å². The molecule has 0 saturated carbocycles. The Kier molecular flexibility index (Phi) is 7.10. The Morgan fingerprint density at radius 1 is 0.365 bits per heavy atom. The number of rotatable bonds is 3. The molecule has 0 atom stereocenters. The zero-order valence-corrected chi connectivity index (χ0v) is 28.0. The lowest BCUT2D eigenvalue weighted by Gasteiger charge is -2.17. The van der Waals surface area contributed by atoms with Crippen LogP contribution in [-0.2, 0) is 0 Å². The quantitative estimate of drug-likeness (QED) is 0.188. The van der Waals surface area contributed by atoms with Crippen LogP contribution in [0, 0.1) is 0 Å². The maximum atomic E-state index is 7.02. The first-order valence-corrected chi connectivity index (χ1v) is 17.4. The molecule has 0 N–H and O–H groups in total. The van der Waals surface area contributed by atoms with E-state index in [4.69, 9.17) is 19.1 Å². The highest BCUT2D eigenvalue weighted by Crippen LogP contribution is 2.45. The second-order valence-corrected chi connectivity index (χ2v) is 13.0. The molecule has 0 fully saturated rings. The largest absolute Gasteiger partial charge is 0.456 e. The number of aromatic nitrogens is 2. The van der Waals surface area contributed by atoms with Crippen LogP contribution in [-0.4, -0.2) is 9.97 Å². The molecule has 0 aliphatic carbocycles. The zero-order valence-electron chi connectivity index (χ0n) is 28.0. The molecule has 7 aromatic carbocycles. The van der Waals surface area contributed by atoms with Crippen LogP contribution in [0.25, 0.3) is 90.2 Å². The van der Waals surface area contributed by atoms with Crippen LogP contribution in [0.3, 0.4) is 0 Å². The minimum atomic E-state index is 0.675. The Bertz CT molecular complexity index is 2760. The van der Waals surface area contributed by atoms with Crippen molar-refractivity contribution in [1.82, 2.24) is 9.97 Å². The maximum absolute atomic E-state index is 7.02. The normalized spacial score (nSPS) is 11.9.